The molecule has 0 saturated carbocycles. The van der Waals surface area contributed by atoms with Crippen LogP contribution in [0.1, 0.15) is 12.8 Å². The molecular formula is C9H16N2O. The fourth-order valence-electron chi connectivity index (χ4n) is 2.21. The zero-order valence-electron chi connectivity index (χ0n) is 7.40. The summed E-state index contributed by atoms with van der Waals surface area (Å²) in [5.41, 5.74) is 0. The third kappa shape index (κ3) is 1.18. The minimum atomic E-state index is 0.167. The normalized spacial score (nSPS) is 41.7. The molecule has 3 nitrogen and oxygen atoms in total. The standard InChI is InChI=1S/C9H16N2O/c1-11-8-5-3-2-4-7(8)10-9(11)6-12/h2-3,7-10,12H,4-6H2,1H3/t7?,8?,9-/m0/s1. The van der Waals surface area contributed by atoms with Crippen molar-refractivity contribution >= 4 is 0 Å². The lowest BCUT2D eigenvalue weighted by Gasteiger charge is -2.25. The zero-order valence-corrected chi connectivity index (χ0v) is 7.40. The van der Waals surface area contributed by atoms with Crippen molar-refractivity contribution in [1.29, 1.82) is 0 Å². The van der Waals surface area contributed by atoms with Gasteiger partial charge in [0.2, 0.25) is 0 Å². The molecule has 0 bridgehead atoms. The molecule has 2 N–H and O–H groups in total. The predicted molar refractivity (Wildman–Crippen MR) is 47.7 cm³/mol. The summed E-state index contributed by atoms with van der Waals surface area (Å²) < 4.78 is 0. The number of rotatable bonds is 1. The van der Waals surface area contributed by atoms with Crippen LogP contribution in [0.25, 0.3) is 0 Å². The summed E-state index contributed by atoms with van der Waals surface area (Å²) in [5, 5.41) is 12.5. The second-order valence-corrected chi connectivity index (χ2v) is 3.65. The highest BCUT2D eigenvalue weighted by molar-refractivity contribution is 5.06. The maximum Gasteiger partial charge on any atom is 0.0839 e. The van der Waals surface area contributed by atoms with Crippen LogP contribution in [0.3, 0.4) is 0 Å². The van der Waals surface area contributed by atoms with Crippen molar-refractivity contribution in [2.75, 3.05) is 13.7 Å². The van der Waals surface area contributed by atoms with E-state index in [0.29, 0.717) is 12.1 Å². The fourth-order valence-corrected chi connectivity index (χ4v) is 2.21. The summed E-state index contributed by atoms with van der Waals surface area (Å²) in [6, 6.07) is 1.14. The summed E-state index contributed by atoms with van der Waals surface area (Å²) in [4.78, 5) is 2.24. The van der Waals surface area contributed by atoms with Gasteiger partial charge in [0.15, 0.2) is 0 Å². The number of aliphatic hydroxyl groups excluding tert-OH is 1. The molecule has 0 amide bonds. The summed E-state index contributed by atoms with van der Waals surface area (Å²) >= 11 is 0. The van der Waals surface area contributed by atoms with Gasteiger partial charge in [0.1, 0.15) is 0 Å². The first-order valence-corrected chi connectivity index (χ1v) is 4.57. The van der Waals surface area contributed by atoms with E-state index >= 15 is 0 Å². The van der Waals surface area contributed by atoms with Gasteiger partial charge < -0.3 is 5.11 Å². The highest BCUT2D eigenvalue weighted by atomic mass is 16.3. The van der Waals surface area contributed by atoms with Gasteiger partial charge >= 0.3 is 0 Å². The van der Waals surface area contributed by atoms with Crippen molar-refractivity contribution < 1.29 is 5.11 Å². The quantitative estimate of drug-likeness (QED) is 0.538. The van der Waals surface area contributed by atoms with Gasteiger partial charge in [0.25, 0.3) is 0 Å². The van der Waals surface area contributed by atoms with Crippen molar-refractivity contribution in [3.8, 4) is 0 Å². The number of nitrogens with one attached hydrogen (secondary N) is 1. The second kappa shape index (κ2) is 3.17. The third-order valence-corrected chi connectivity index (χ3v) is 2.99. The Bertz CT molecular complexity index is 193. The summed E-state index contributed by atoms with van der Waals surface area (Å²) in [5.74, 6) is 0. The van der Waals surface area contributed by atoms with Gasteiger partial charge in [-0.05, 0) is 19.9 Å². The molecule has 2 aliphatic rings. The highest BCUT2D eigenvalue weighted by Gasteiger charge is 2.37. The Kier molecular flexibility index (Phi) is 2.17. The van der Waals surface area contributed by atoms with E-state index in [9.17, 15) is 0 Å². The first-order chi connectivity index (χ1) is 5.83. The number of hydrogen-bond donors (Lipinski definition) is 2. The first-order valence-electron chi connectivity index (χ1n) is 4.57. The minimum Gasteiger partial charge on any atom is -0.393 e. The van der Waals surface area contributed by atoms with E-state index in [0.717, 1.165) is 12.8 Å². The molecule has 68 valence electrons. The topological polar surface area (TPSA) is 35.5 Å². The van der Waals surface area contributed by atoms with E-state index in [4.69, 9.17) is 5.11 Å². The van der Waals surface area contributed by atoms with E-state index < -0.39 is 0 Å². The molecule has 1 aliphatic heterocycles. The number of nitrogens with zero attached hydrogens (tertiary/aromatic N) is 1. The molecule has 2 rings (SSSR count). The molecule has 0 aromatic heterocycles. The molecule has 1 fully saturated rings. The van der Waals surface area contributed by atoms with Gasteiger partial charge in [-0.2, -0.15) is 0 Å². The van der Waals surface area contributed by atoms with Crippen LogP contribution in [0, 0.1) is 0 Å². The lowest BCUT2D eigenvalue weighted by atomic mass is 9.97. The molecule has 3 heteroatoms. The molecule has 12 heavy (non-hydrogen) atoms. The van der Waals surface area contributed by atoms with E-state index in [1.807, 2.05) is 0 Å². The Balaban J connectivity index is 2.08. The molecule has 0 aromatic rings. The monoisotopic (exact) mass is 168 g/mol. The van der Waals surface area contributed by atoms with Gasteiger partial charge in [0.05, 0.1) is 12.8 Å². The fraction of sp³-hybridized carbons (Fsp3) is 0.778. The van der Waals surface area contributed by atoms with Gasteiger partial charge in [-0.15, -0.1) is 0 Å². The van der Waals surface area contributed by atoms with E-state index in [1.165, 1.54) is 0 Å². The molecule has 0 aromatic carbocycles. The summed E-state index contributed by atoms with van der Waals surface area (Å²) in [7, 11) is 2.08. The number of fused-ring (bicyclic) bond motifs is 1. The summed E-state index contributed by atoms with van der Waals surface area (Å²) in [6.07, 6.45) is 6.84. The molecule has 0 spiro atoms. The SMILES string of the molecule is CN1C2CC=CCC2N[C@@H]1CO. The van der Waals surface area contributed by atoms with Gasteiger partial charge in [-0.3, -0.25) is 10.2 Å². The summed E-state index contributed by atoms with van der Waals surface area (Å²) in [6.45, 7) is 0.212. The van der Waals surface area contributed by atoms with Gasteiger partial charge in [0, 0.05) is 12.1 Å². The van der Waals surface area contributed by atoms with E-state index in [1.54, 1.807) is 0 Å². The largest absolute Gasteiger partial charge is 0.393 e. The minimum absolute atomic E-state index is 0.167. The van der Waals surface area contributed by atoms with Crippen LogP contribution in [-0.2, 0) is 0 Å². The van der Waals surface area contributed by atoms with Gasteiger partial charge in [-0.1, -0.05) is 12.2 Å². The Morgan fingerprint density at radius 1 is 1.50 bits per heavy atom. The molecular weight excluding hydrogens is 152 g/mol. The third-order valence-electron chi connectivity index (χ3n) is 2.99. The van der Waals surface area contributed by atoms with Crippen LogP contribution in [-0.4, -0.2) is 41.9 Å². The zero-order chi connectivity index (χ0) is 8.55. The number of aliphatic hydroxyl groups is 1. The average Bonchev–Trinajstić information content (AvgIpc) is 2.44. The lowest BCUT2D eigenvalue weighted by molar-refractivity contribution is 0.146. The molecule has 2 unspecified atom stereocenters. The van der Waals surface area contributed by atoms with Crippen LogP contribution < -0.4 is 5.32 Å². The Morgan fingerprint density at radius 3 is 2.92 bits per heavy atom. The van der Waals surface area contributed by atoms with E-state index in [2.05, 4.69) is 29.4 Å². The van der Waals surface area contributed by atoms with Crippen molar-refractivity contribution in [3.63, 3.8) is 0 Å². The van der Waals surface area contributed by atoms with Crippen molar-refractivity contribution in [2.45, 2.75) is 31.1 Å². The number of hydrogen-bond acceptors (Lipinski definition) is 3. The molecule has 1 heterocycles. The molecule has 1 saturated heterocycles. The van der Waals surface area contributed by atoms with Crippen molar-refractivity contribution in [1.82, 2.24) is 10.2 Å². The average molecular weight is 168 g/mol. The van der Waals surface area contributed by atoms with Crippen LogP contribution in [0.4, 0.5) is 0 Å². The van der Waals surface area contributed by atoms with E-state index in [-0.39, 0.29) is 12.8 Å². The van der Waals surface area contributed by atoms with Crippen LogP contribution >= 0.6 is 0 Å². The lowest BCUT2D eigenvalue weighted by Crippen LogP contribution is -2.38. The second-order valence-electron chi connectivity index (χ2n) is 3.65. The Hall–Kier alpha value is -0.380. The Labute approximate surface area is 73.1 Å². The smallest absolute Gasteiger partial charge is 0.0839 e. The first kappa shape index (κ1) is 8.23. The molecule has 3 atom stereocenters. The van der Waals surface area contributed by atoms with Crippen molar-refractivity contribution in [3.05, 3.63) is 12.2 Å². The maximum atomic E-state index is 9.06. The van der Waals surface area contributed by atoms with Crippen LogP contribution in [0.15, 0.2) is 12.2 Å². The Morgan fingerprint density at radius 2 is 2.25 bits per heavy atom. The highest BCUT2D eigenvalue weighted by Crippen LogP contribution is 2.24. The molecule has 1 aliphatic carbocycles. The maximum absolute atomic E-state index is 9.06. The van der Waals surface area contributed by atoms with Crippen molar-refractivity contribution in [2.24, 2.45) is 0 Å². The predicted octanol–water partition coefficient (Wildman–Crippen LogP) is -0.0730. The molecule has 0 radical (unpaired) electrons. The van der Waals surface area contributed by atoms with Crippen LogP contribution in [0.2, 0.25) is 0 Å². The van der Waals surface area contributed by atoms with Crippen LogP contribution in [0.5, 0.6) is 0 Å². The number of likely N-dealkylation sites (N-methyl/N-ethyl adjacent to an activating group) is 1. The van der Waals surface area contributed by atoms with Gasteiger partial charge in [-0.25, -0.2) is 0 Å².